The van der Waals surface area contributed by atoms with Crippen molar-refractivity contribution in [3.05, 3.63) is 54.1 Å². The first-order chi connectivity index (χ1) is 10.4. The number of anilines is 1. The van der Waals surface area contributed by atoms with Crippen LogP contribution in [0.15, 0.2) is 53.4 Å². The van der Waals surface area contributed by atoms with E-state index in [1.807, 2.05) is 6.92 Å². The molecule has 0 aliphatic rings. The number of sulfonamides is 1. The lowest BCUT2D eigenvalue weighted by molar-refractivity contribution is -0.115. The molecule has 0 spiro atoms. The highest BCUT2D eigenvalue weighted by Crippen LogP contribution is 2.21. The number of aromatic hydroxyl groups is 1. The van der Waals surface area contributed by atoms with Gasteiger partial charge in [-0.1, -0.05) is 29.8 Å². The molecule has 0 saturated heterocycles. The van der Waals surface area contributed by atoms with Gasteiger partial charge in [-0.3, -0.25) is 4.79 Å². The number of phenols is 1. The third kappa shape index (κ3) is 4.06. The topological polar surface area (TPSA) is 95.5 Å². The van der Waals surface area contributed by atoms with E-state index in [0.29, 0.717) is 0 Å². The second kappa shape index (κ2) is 6.59. The van der Waals surface area contributed by atoms with Crippen LogP contribution in [-0.2, 0) is 14.8 Å². The molecule has 0 aromatic heterocycles. The molecule has 0 atom stereocenters. The summed E-state index contributed by atoms with van der Waals surface area (Å²) in [6, 6.07) is 12.5. The molecule has 22 heavy (non-hydrogen) atoms. The largest absolute Gasteiger partial charge is 0.506 e. The first-order valence-corrected chi connectivity index (χ1v) is 8.01. The van der Waals surface area contributed by atoms with Gasteiger partial charge in [0.1, 0.15) is 5.75 Å². The molecule has 0 unspecified atom stereocenters. The van der Waals surface area contributed by atoms with E-state index in [1.165, 1.54) is 24.3 Å². The van der Waals surface area contributed by atoms with Gasteiger partial charge in [-0.05, 0) is 31.2 Å². The minimum absolute atomic E-state index is 0.0859. The zero-order chi connectivity index (χ0) is 16.2. The number of carbonyl (C=O) groups is 1. The molecule has 0 radical (unpaired) electrons. The molecule has 6 nitrogen and oxygen atoms in total. The number of nitrogens with one attached hydrogen (secondary N) is 2. The molecule has 2 rings (SSSR count). The van der Waals surface area contributed by atoms with Crippen molar-refractivity contribution in [3.8, 4) is 5.75 Å². The molecular weight excluding hydrogens is 304 g/mol. The summed E-state index contributed by atoms with van der Waals surface area (Å²) in [6.45, 7) is 1.42. The molecule has 0 aliphatic carbocycles. The quantitative estimate of drug-likeness (QED) is 0.730. The van der Waals surface area contributed by atoms with Crippen molar-refractivity contribution in [2.75, 3.05) is 11.9 Å². The van der Waals surface area contributed by atoms with Gasteiger partial charge in [0, 0.05) is 0 Å². The van der Waals surface area contributed by atoms with Gasteiger partial charge in [-0.25, -0.2) is 13.1 Å². The Labute approximate surface area is 128 Å². The molecule has 116 valence electrons. The standard InChI is InChI=1S/C15H16N2O4S/c1-11-6-8-12(9-7-11)22(20,21)16-10-15(19)17-13-4-2-3-5-14(13)18/h2-9,16,18H,10H2,1H3,(H,17,19). The van der Waals surface area contributed by atoms with Crippen LogP contribution in [0.4, 0.5) is 5.69 Å². The summed E-state index contributed by atoms with van der Waals surface area (Å²) in [5.41, 5.74) is 1.17. The van der Waals surface area contributed by atoms with Crippen molar-refractivity contribution in [1.29, 1.82) is 0 Å². The number of para-hydroxylation sites is 2. The summed E-state index contributed by atoms with van der Waals surface area (Å²) in [5.74, 6) is -0.658. The number of carbonyl (C=O) groups excluding carboxylic acids is 1. The predicted molar refractivity (Wildman–Crippen MR) is 83.1 cm³/mol. The number of hydrogen-bond donors (Lipinski definition) is 3. The molecule has 0 bridgehead atoms. The summed E-state index contributed by atoms with van der Waals surface area (Å²) >= 11 is 0. The summed E-state index contributed by atoms with van der Waals surface area (Å²) in [6.07, 6.45) is 0. The lowest BCUT2D eigenvalue weighted by Gasteiger charge is -2.09. The third-order valence-electron chi connectivity index (χ3n) is 2.93. The van der Waals surface area contributed by atoms with Crippen molar-refractivity contribution in [3.63, 3.8) is 0 Å². The molecule has 0 fully saturated rings. The van der Waals surface area contributed by atoms with Gasteiger partial charge in [0.25, 0.3) is 0 Å². The van der Waals surface area contributed by atoms with Crippen molar-refractivity contribution in [2.24, 2.45) is 0 Å². The fraction of sp³-hybridized carbons (Fsp3) is 0.133. The van der Waals surface area contributed by atoms with Crippen LogP contribution < -0.4 is 10.0 Å². The molecule has 3 N–H and O–H groups in total. The SMILES string of the molecule is Cc1ccc(S(=O)(=O)NCC(=O)Nc2ccccc2O)cc1. The van der Waals surface area contributed by atoms with Crippen molar-refractivity contribution in [2.45, 2.75) is 11.8 Å². The van der Waals surface area contributed by atoms with Crippen LogP contribution in [0.5, 0.6) is 5.75 Å². The average Bonchev–Trinajstić information content (AvgIpc) is 2.48. The van der Waals surface area contributed by atoms with Crippen LogP contribution in [0.25, 0.3) is 0 Å². The Morgan fingerprint density at radius 2 is 1.73 bits per heavy atom. The maximum atomic E-state index is 12.0. The normalized spacial score (nSPS) is 11.1. The summed E-state index contributed by atoms with van der Waals surface area (Å²) in [4.78, 5) is 11.8. The third-order valence-corrected chi connectivity index (χ3v) is 4.35. The fourth-order valence-corrected chi connectivity index (χ4v) is 2.72. The van der Waals surface area contributed by atoms with E-state index in [9.17, 15) is 18.3 Å². The second-order valence-electron chi connectivity index (χ2n) is 4.70. The highest BCUT2D eigenvalue weighted by atomic mass is 32.2. The van der Waals surface area contributed by atoms with E-state index in [1.54, 1.807) is 24.3 Å². The zero-order valence-corrected chi connectivity index (χ0v) is 12.7. The molecule has 0 saturated carbocycles. The number of rotatable bonds is 5. The maximum Gasteiger partial charge on any atom is 0.241 e. The van der Waals surface area contributed by atoms with Crippen LogP contribution in [0.3, 0.4) is 0 Å². The molecule has 1 amide bonds. The summed E-state index contributed by atoms with van der Waals surface area (Å²) in [7, 11) is -3.75. The zero-order valence-electron chi connectivity index (χ0n) is 11.9. The summed E-state index contributed by atoms with van der Waals surface area (Å²) < 4.78 is 26.3. The number of amides is 1. The molecule has 2 aromatic carbocycles. The lowest BCUT2D eigenvalue weighted by atomic mass is 10.2. The van der Waals surface area contributed by atoms with Crippen molar-refractivity contribution >= 4 is 21.6 Å². The van der Waals surface area contributed by atoms with Crippen molar-refractivity contribution < 1.29 is 18.3 Å². The van der Waals surface area contributed by atoms with Crippen LogP contribution in [0, 0.1) is 6.92 Å². The van der Waals surface area contributed by atoms with Crippen molar-refractivity contribution in [1.82, 2.24) is 4.72 Å². The highest BCUT2D eigenvalue weighted by Gasteiger charge is 2.15. The second-order valence-corrected chi connectivity index (χ2v) is 6.47. The predicted octanol–water partition coefficient (Wildman–Crippen LogP) is 1.62. The van der Waals surface area contributed by atoms with Gasteiger partial charge in [-0.2, -0.15) is 0 Å². The van der Waals surface area contributed by atoms with Gasteiger partial charge >= 0.3 is 0 Å². The van der Waals surface area contributed by atoms with E-state index in [-0.39, 0.29) is 16.3 Å². The number of benzene rings is 2. The Morgan fingerprint density at radius 1 is 1.09 bits per heavy atom. The Balaban J connectivity index is 1.98. The van der Waals surface area contributed by atoms with Gasteiger partial charge in [0.15, 0.2) is 0 Å². The number of hydrogen-bond acceptors (Lipinski definition) is 4. The first-order valence-electron chi connectivity index (χ1n) is 6.53. The Morgan fingerprint density at radius 3 is 2.36 bits per heavy atom. The molecule has 0 aliphatic heterocycles. The Bertz CT molecular complexity index is 770. The van der Waals surface area contributed by atoms with Gasteiger partial charge in [-0.15, -0.1) is 0 Å². The number of aryl methyl sites for hydroxylation is 1. The van der Waals surface area contributed by atoms with E-state index in [4.69, 9.17) is 0 Å². The average molecular weight is 320 g/mol. The molecule has 7 heteroatoms. The minimum Gasteiger partial charge on any atom is -0.506 e. The summed E-state index contributed by atoms with van der Waals surface area (Å²) in [5, 5.41) is 12.0. The minimum atomic E-state index is -3.75. The fourth-order valence-electron chi connectivity index (χ4n) is 1.74. The van der Waals surface area contributed by atoms with E-state index < -0.39 is 22.5 Å². The van der Waals surface area contributed by atoms with E-state index in [0.717, 1.165) is 5.56 Å². The smallest absolute Gasteiger partial charge is 0.241 e. The van der Waals surface area contributed by atoms with Crippen LogP contribution in [0.2, 0.25) is 0 Å². The maximum absolute atomic E-state index is 12.0. The van der Waals surface area contributed by atoms with E-state index >= 15 is 0 Å². The van der Waals surface area contributed by atoms with E-state index in [2.05, 4.69) is 10.0 Å². The van der Waals surface area contributed by atoms with Crippen LogP contribution in [-0.4, -0.2) is 26.0 Å². The van der Waals surface area contributed by atoms with Crippen LogP contribution >= 0.6 is 0 Å². The Kier molecular flexibility index (Phi) is 4.79. The molecular formula is C15H16N2O4S. The molecule has 0 heterocycles. The molecule has 2 aromatic rings. The van der Waals surface area contributed by atoms with Crippen LogP contribution in [0.1, 0.15) is 5.56 Å². The van der Waals surface area contributed by atoms with Gasteiger partial charge in [0.05, 0.1) is 17.1 Å². The monoisotopic (exact) mass is 320 g/mol. The Hall–Kier alpha value is -2.38. The first kappa shape index (κ1) is 16.0. The highest BCUT2D eigenvalue weighted by molar-refractivity contribution is 7.89. The van der Waals surface area contributed by atoms with Gasteiger partial charge < -0.3 is 10.4 Å². The number of phenolic OH excluding ortho intramolecular Hbond substituents is 1. The van der Waals surface area contributed by atoms with Gasteiger partial charge in [0.2, 0.25) is 15.9 Å². The lowest BCUT2D eigenvalue weighted by Crippen LogP contribution is -2.32.